The lowest BCUT2D eigenvalue weighted by Gasteiger charge is -2.27. The molecule has 1 aromatic rings. The summed E-state index contributed by atoms with van der Waals surface area (Å²) >= 11 is 0. The molecule has 1 amide bonds. The van der Waals surface area contributed by atoms with Gasteiger partial charge >= 0.3 is 6.18 Å². The van der Waals surface area contributed by atoms with Crippen molar-refractivity contribution in [2.24, 2.45) is 0 Å². The van der Waals surface area contributed by atoms with Crippen LogP contribution in [0.1, 0.15) is 12.0 Å². The number of piperazine rings is 1. The van der Waals surface area contributed by atoms with Gasteiger partial charge < -0.3 is 15.0 Å². The fraction of sp³-hybridized carbons (Fsp3) is 0.500. The maximum Gasteiger partial charge on any atom is 0.419 e. The number of amides is 1. The number of hydrogen-bond acceptors (Lipinski definition) is 3. The standard InChI is InChI=1S/C14H17F3N2O2/c15-14(16,17)11-4-1-2-5-12(11)21-9-3-7-19-8-6-18-10-13(19)20/h1-2,4-5,18H,3,6-10H2. The minimum absolute atomic E-state index is 0.0111. The minimum atomic E-state index is -4.43. The van der Waals surface area contributed by atoms with Gasteiger partial charge in [-0.1, -0.05) is 12.1 Å². The van der Waals surface area contributed by atoms with Crippen molar-refractivity contribution in [3.63, 3.8) is 0 Å². The Morgan fingerprint density at radius 3 is 2.76 bits per heavy atom. The molecule has 0 unspecified atom stereocenters. The van der Waals surface area contributed by atoms with Gasteiger partial charge in [0.2, 0.25) is 5.91 Å². The Kier molecular flexibility index (Phi) is 5.06. The van der Waals surface area contributed by atoms with Gasteiger partial charge in [-0.25, -0.2) is 0 Å². The van der Waals surface area contributed by atoms with Gasteiger partial charge in [-0.15, -0.1) is 0 Å². The molecular formula is C14H17F3N2O2. The highest BCUT2D eigenvalue weighted by Crippen LogP contribution is 2.35. The number of benzene rings is 1. The van der Waals surface area contributed by atoms with E-state index in [0.717, 1.165) is 12.6 Å². The summed E-state index contributed by atoms with van der Waals surface area (Å²) in [5.41, 5.74) is -0.775. The third-order valence-corrected chi connectivity index (χ3v) is 3.21. The number of carbonyl (C=O) groups is 1. The fourth-order valence-electron chi connectivity index (χ4n) is 2.15. The maximum absolute atomic E-state index is 12.8. The van der Waals surface area contributed by atoms with E-state index in [2.05, 4.69) is 5.32 Å². The third-order valence-electron chi connectivity index (χ3n) is 3.21. The Balaban J connectivity index is 1.82. The number of halogens is 3. The summed E-state index contributed by atoms with van der Waals surface area (Å²) in [5.74, 6) is -0.159. The molecule has 4 nitrogen and oxygen atoms in total. The largest absolute Gasteiger partial charge is 0.493 e. The van der Waals surface area contributed by atoms with Crippen LogP contribution in [0.15, 0.2) is 24.3 Å². The van der Waals surface area contributed by atoms with Crippen LogP contribution < -0.4 is 10.1 Å². The number of nitrogens with one attached hydrogen (secondary N) is 1. The smallest absolute Gasteiger partial charge is 0.419 e. The molecule has 1 aliphatic heterocycles. The normalized spacial score (nSPS) is 16.1. The van der Waals surface area contributed by atoms with Crippen LogP contribution in [0, 0.1) is 0 Å². The molecule has 21 heavy (non-hydrogen) atoms. The van der Waals surface area contributed by atoms with Crippen molar-refractivity contribution in [1.82, 2.24) is 10.2 Å². The summed E-state index contributed by atoms with van der Waals surface area (Å²) < 4.78 is 43.5. The number of rotatable bonds is 5. The average molecular weight is 302 g/mol. The maximum atomic E-state index is 12.8. The van der Waals surface area contributed by atoms with Gasteiger partial charge in [-0.3, -0.25) is 4.79 Å². The van der Waals surface area contributed by atoms with E-state index in [1.165, 1.54) is 18.2 Å². The Morgan fingerprint density at radius 1 is 1.29 bits per heavy atom. The predicted molar refractivity (Wildman–Crippen MR) is 71.0 cm³/mol. The minimum Gasteiger partial charge on any atom is -0.493 e. The van der Waals surface area contributed by atoms with E-state index in [9.17, 15) is 18.0 Å². The van der Waals surface area contributed by atoms with Gasteiger partial charge in [-0.05, 0) is 18.6 Å². The Labute approximate surface area is 120 Å². The lowest BCUT2D eigenvalue weighted by molar-refractivity contribution is -0.139. The van der Waals surface area contributed by atoms with Gasteiger partial charge in [0.05, 0.1) is 18.7 Å². The van der Waals surface area contributed by atoms with E-state index in [1.54, 1.807) is 4.90 Å². The van der Waals surface area contributed by atoms with E-state index in [1.807, 2.05) is 0 Å². The van der Waals surface area contributed by atoms with Crippen molar-refractivity contribution in [3.8, 4) is 5.75 Å². The predicted octanol–water partition coefficient (Wildman–Crippen LogP) is 1.91. The molecule has 1 heterocycles. The van der Waals surface area contributed by atoms with Crippen LogP contribution in [0.2, 0.25) is 0 Å². The number of hydrogen-bond donors (Lipinski definition) is 1. The summed E-state index contributed by atoms with van der Waals surface area (Å²) in [6.07, 6.45) is -3.93. The highest BCUT2D eigenvalue weighted by Gasteiger charge is 2.33. The average Bonchev–Trinajstić information content (AvgIpc) is 2.45. The molecule has 0 atom stereocenters. The molecule has 0 aliphatic carbocycles. The van der Waals surface area contributed by atoms with E-state index < -0.39 is 11.7 Å². The monoisotopic (exact) mass is 302 g/mol. The molecule has 1 aliphatic rings. The molecule has 0 bridgehead atoms. The van der Waals surface area contributed by atoms with Crippen LogP contribution in [0.4, 0.5) is 13.2 Å². The van der Waals surface area contributed by atoms with E-state index in [0.29, 0.717) is 26.1 Å². The first-order valence-corrected chi connectivity index (χ1v) is 6.76. The van der Waals surface area contributed by atoms with E-state index >= 15 is 0 Å². The molecule has 1 aromatic carbocycles. The number of nitrogens with zero attached hydrogens (tertiary/aromatic N) is 1. The first-order chi connectivity index (χ1) is 9.98. The molecule has 0 saturated carbocycles. The van der Waals surface area contributed by atoms with Crippen LogP contribution in [0.5, 0.6) is 5.75 Å². The lowest BCUT2D eigenvalue weighted by Crippen LogP contribution is -2.48. The molecule has 0 radical (unpaired) electrons. The number of alkyl halides is 3. The second-order valence-electron chi connectivity index (χ2n) is 4.75. The van der Waals surface area contributed by atoms with Crippen molar-refractivity contribution < 1.29 is 22.7 Å². The van der Waals surface area contributed by atoms with E-state index in [4.69, 9.17) is 4.74 Å². The molecule has 0 spiro atoms. The highest BCUT2D eigenvalue weighted by molar-refractivity contribution is 5.78. The molecule has 1 saturated heterocycles. The molecule has 2 rings (SSSR count). The highest BCUT2D eigenvalue weighted by atomic mass is 19.4. The van der Waals surface area contributed by atoms with Gasteiger partial charge in [-0.2, -0.15) is 13.2 Å². The SMILES string of the molecule is O=C1CNCCN1CCCOc1ccccc1C(F)(F)F. The third kappa shape index (κ3) is 4.35. The number of ether oxygens (including phenoxy) is 1. The molecule has 7 heteroatoms. The first-order valence-electron chi connectivity index (χ1n) is 6.76. The molecular weight excluding hydrogens is 285 g/mol. The van der Waals surface area contributed by atoms with Gasteiger partial charge in [0.25, 0.3) is 0 Å². The van der Waals surface area contributed by atoms with E-state index in [-0.39, 0.29) is 18.3 Å². The summed E-state index contributed by atoms with van der Waals surface area (Å²) in [7, 11) is 0. The van der Waals surface area contributed by atoms with Crippen LogP contribution in [0.25, 0.3) is 0 Å². The van der Waals surface area contributed by atoms with Crippen molar-refractivity contribution >= 4 is 5.91 Å². The second kappa shape index (κ2) is 6.80. The van der Waals surface area contributed by atoms with Gasteiger partial charge in [0.1, 0.15) is 5.75 Å². The Bertz CT molecular complexity index is 491. The van der Waals surface area contributed by atoms with Crippen molar-refractivity contribution in [1.29, 1.82) is 0 Å². The zero-order chi connectivity index (χ0) is 15.3. The Morgan fingerprint density at radius 2 is 2.05 bits per heavy atom. The molecule has 1 fully saturated rings. The zero-order valence-corrected chi connectivity index (χ0v) is 11.4. The van der Waals surface area contributed by atoms with Crippen molar-refractivity contribution in [2.45, 2.75) is 12.6 Å². The summed E-state index contributed by atoms with van der Waals surface area (Å²) in [4.78, 5) is 13.2. The number of para-hydroxylation sites is 1. The van der Waals surface area contributed by atoms with Crippen LogP contribution in [-0.4, -0.2) is 43.6 Å². The number of carbonyl (C=O) groups excluding carboxylic acids is 1. The second-order valence-corrected chi connectivity index (χ2v) is 4.75. The fourth-order valence-corrected chi connectivity index (χ4v) is 2.15. The molecule has 0 aromatic heterocycles. The van der Waals surface area contributed by atoms with Crippen LogP contribution in [-0.2, 0) is 11.0 Å². The Hall–Kier alpha value is -1.76. The summed E-state index contributed by atoms with van der Waals surface area (Å²) in [6.45, 7) is 2.32. The van der Waals surface area contributed by atoms with Crippen LogP contribution >= 0.6 is 0 Å². The van der Waals surface area contributed by atoms with Crippen LogP contribution in [0.3, 0.4) is 0 Å². The molecule has 1 N–H and O–H groups in total. The van der Waals surface area contributed by atoms with Gasteiger partial charge in [0, 0.05) is 19.6 Å². The topological polar surface area (TPSA) is 41.6 Å². The first kappa shape index (κ1) is 15.6. The summed E-state index contributed by atoms with van der Waals surface area (Å²) in [5, 5.41) is 2.96. The lowest BCUT2D eigenvalue weighted by atomic mass is 10.2. The van der Waals surface area contributed by atoms with Crippen molar-refractivity contribution in [3.05, 3.63) is 29.8 Å². The molecule has 116 valence electrons. The zero-order valence-electron chi connectivity index (χ0n) is 11.4. The van der Waals surface area contributed by atoms with Crippen molar-refractivity contribution in [2.75, 3.05) is 32.8 Å². The van der Waals surface area contributed by atoms with Gasteiger partial charge in [0.15, 0.2) is 0 Å². The quantitative estimate of drug-likeness (QED) is 0.845. The summed E-state index contributed by atoms with van der Waals surface area (Å²) in [6, 6.07) is 5.13.